The Morgan fingerprint density at radius 3 is 2.70 bits per heavy atom. The number of nitrogens with zero attached hydrogens (tertiary/aromatic N) is 6. The Balaban J connectivity index is 1.20. The fourth-order valence-corrected chi connectivity index (χ4v) is 8.72. The number of piperazine rings is 1. The smallest absolute Gasteiger partial charge is 0.243 e. The van der Waals surface area contributed by atoms with Gasteiger partial charge in [-0.25, -0.2) is 15.0 Å². The molecule has 0 spiro atoms. The second-order valence-corrected chi connectivity index (χ2v) is 14.6. The van der Waals surface area contributed by atoms with Crippen LogP contribution in [0.4, 0.5) is 0 Å². The largest absolute Gasteiger partial charge is 0.497 e. The molecule has 242 valence electrons. The van der Waals surface area contributed by atoms with Gasteiger partial charge in [0, 0.05) is 49.1 Å². The standard InChI is InChI=1S/C33H39N7O5S/c1-21-35-27-9-8-24(44-2)15-29(27)40(21)19-31(41)39-12-11-38(17-22-10-13-46(42,43)20-22)18-30(39)32-34-16-28(36-32)25-14-23-6-4-5-7-26(23)37-33(25)45-3/h4-9,14-16,22,30,42-43H,10-13,17-20H2,1-3H3,(H,34,36)/t22?,30-/m0/s1. The molecule has 3 aromatic heterocycles. The summed E-state index contributed by atoms with van der Waals surface area (Å²) in [5, 5.41) is 0.984. The van der Waals surface area contributed by atoms with Crippen molar-refractivity contribution in [2.75, 3.05) is 51.9 Å². The third-order valence-electron chi connectivity index (χ3n) is 9.18. The Labute approximate surface area is 268 Å². The minimum atomic E-state index is -2.49. The highest BCUT2D eigenvalue weighted by Gasteiger charge is 2.37. The van der Waals surface area contributed by atoms with Crippen LogP contribution in [0.5, 0.6) is 11.6 Å². The van der Waals surface area contributed by atoms with E-state index in [1.807, 2.05) is 64.9 Å². The van der Waals surface area contributed by atoms with E-state index in [-0.39, 0.29) is 24.4 Å². The molecule has 5 heterocycles. The van der Waals surface area contributed by atoms with E-state index in [9.17, 15) is 13.9 Å². The molecule has 13 heteroatoms. The molecule has 2 aromatic carbocycles. The van der Waals surface area contributed by atoms with Crippen LogP contribution < -0.4 is 9.47 Å². The fourth-order valence-electron chi connectivity index (χ4n) is 6.81. The van der Waals surface area contributed by atoms with Crippen molar-refractivity contribution in [1.29, 1.82) is 0 Å². The average molecular weight is 646 g/mol. The predicted molar refractivity (Wildman–Crippen MR) is 178 cm³/mol. The van der Waals surface area contributed by atoms with Gasteiger partial charge in [-0.15, -0.1) is 0 Å². The molecule has 5 aromatic rings. The van der Waals surface area contributed by atoms with Crippen molar-refractivity contribution in [3.63, 3.8) is 0 Å². The Morgan fingerprint density at radius 1 is 1.07 bits per heavy atom. The van der Waals surface area contributed by atoms with Crippen LogP contribution in [0.25, 0.3) is 33.2 Å². The van der Waals surface area contributed by atoms with E-state index in [2.05, 4.69) is 14.9 Å². The summed E-state index contributed by atoms with van der Waals surface area (Å²) in [5.74, 6) is 3.70. The van der Waals surface area contributed by atoms with Crippen LogP contribution >= 0.6 is 10.6 Å². The van der Waals surface area contributed by atoms with Gasteiger partial charge in [-0.3, -0.25) is 18.8 Å². The van der Waals surface area contributed by atoms with E-state index in [0.717, 1.165) is 52.0 Å². The molecule has 2 saturated heterocycles. The van der Waals surface area contributed by atoms with Crippen LogP contribution in [0, 0.1) is 12.8 Å². The van der Waals surface area contributed by atoms with Gasteiger partial charge in [-0.1, -0.05) is 18.2 Å². The number of nitrogens with one attached hydrogen (secondary N) is 1. The van der Waals surface area contributed by atoms with Gasteiger partial charge in [-0.2, -0.15) is 10.6 Å². The molecule has 7 rings (SSSR count). The van der Waals surface area contributed by atoms with Crippen molar-refractivity contribution in [3.8, 4) is 22.9 Å². The molecule has 0 saturated carbocycles. The number of methoxy groups -OCH3 is 2. The zero-order valence-corrected chi connectivity index (χ0v) is 27.0. The highest BCUT2D eigenvalue weighted by molar-refractivity contribution is 8.24. The highest BCUT2D eigenvalue weighted by atomic mass is 32.3. The molecule has 2 aliphatic heterocycles. The number of benzene rings is 2. The quantitative estimate of drug-likeness (QED) is 0.214. The Morgan fingerprint density at radius 2 is 1.91 bits per heavy atom. The van der Waals surface area contributed by atoms with Crippen LogP contribution in [-0.4, -0.2) is 101 Å². The number of hydrogen-bond donors (Lipinski definition) is 3. The fraction of sp³-hybridized carbons (Fsp3) is 0.394. The number of fused-ring (bicyclic) bond motifs is 2. The Hall–Kier alpha value is -4.17. The number of aromatic amines is 1. The maximum Gasteiger partial charge on any atom is 0.243 e. The van der Waals surface area contributed by atoms with Crippen LogP contribution in [-0.2, 0) is 11.3 Å². The number of pyridine rings is 1. The first-order valence-corrected chi connectivity index (χ1v) is 17.3. The number of ether oxygens (including phenoxy) is 2. The van der Waals surface area contributed by atoms with Gasteiger partial charge >= 0.3 is 0 Å². The number of carbonyl (C=O) groups excluding carboxylic acids is 1. The Kier molecular flexibility index (Phi) is 8.09. The maximum atomic E-state index is 14.2. The topological polar surface area (TPSA) is 142 Å². The molecule has 0 bridgehead atoms. The number of rotatable bonds is 8. The number of para-hydroxylation sites is 1. The molecular weight excluding hydrogens is 606 g/mol. The van der Waals surface area contributed by atoms with Gasteiger partial charge in [0.25, 0.3) is 0 Å². The summed E-state index contributed by atoms with van der Waals surface area (Å²) in [6.45, 7) is 4.55. The van der Waals surface area contributed by atoms with Gasteiger partial charge in [0.15, 0.2) is 0 Å². The number of imidazole rings is 2. The highest BCUT2D eigenvalue weighted by Crippen LogP contribution is 2.48. The summed E-state index contributed by atoms with van der Waals surface area (Å²) in [4.78, 5) is 36.1. The summed E-state index contributed by atoms with van der Waals surface area (Å²) in [6.07, 6.45) is 2.57. The minimum absolute atomic E-state index is 0.0344. The van der Waals surface area contributed by atoms with Gasteiger partial charge < -0.3 is 23.9 Å². The summed E-state index contributed by atoms with van der Waals surface area (Å²) < 4.78 is 33.5. The van der Waals surface area contributed by atoms with Crippen molar-refractivity contribution in [2.45, 2.75) is 25.9 Å². The molecule has 3 N–H and O–H groups in total. The Bertz CT molecular complexity index is 1910. The summed E-state index contributed by atoms with van der Waals surface area (Å²) in [5.41, 5.74) is 4.03. The normalized spacial score (nSPS) is 20.8. The number of amides is 1. The molecular formula is C33H39N7O5S. The van der Waals surface area contributed by atoms with E-state index in [1.54, 1.807) is 20.4 Å². The lowest BCUT2D eigenvalue weighted by atomic mass is 10.1. The molecule has 0 aliphatic carbocycles. The second kappa shape index (κ2) is 12.2. The zero-order valence-electron chi connectivity index (χ0n) is 26.2. The van der Waals surface area contributed by atoms with Gasteiger partial charge in [0.05, 0.1) is 48.2 Å². The van der Waals surface area contributed by atoms with Crippen molar-refractivity contribution in [2.24, 2.45) is 5.92 Å². The van der Waals surface area contributed by atoms with Crippen molar-refractivity contribution in [1.82, 2.24) is 34.3 Å². The third kappa shape index (κ3) is 5.91. The summed E-state index contributed by atoms with van der Waals surface area (Å²) in [6, 6.07) is 15.3. The molecule has 46 heavy (non-hydrogen) atoms. The maximum absolute atomic E-state index is 14.2. The number of aromatic nitrogens is 5. The SMILES string of the molecule is COc1ccc2nc(C)n(CC(=O)N3CCN(CC4CCS(O)(O)C4)C[C@H]3c3ncc(-c4cc5ccccc5nc4OC)[nH]3)c2c1. The van der Waals surface area contributed by atoms with Crippen LogP contribution in [0.2, 0.25) is 0 Å². The number of hydrogen-bond acceptors (Lipinski definition) is 9. The zero-order chi connectivity index (χ0) is 32.0. The van der Waals surface area contributed by atoms with Crippen LogP contribution in [0.1, 0.15) is 24.1 Å². The number of aryl methyl sites for hydroxylation is 1. The molecule has 2 fully saturated rings. The van der Waals surface area contributed by atoms with Crippen LogP contribution in [0.15, 0.2) is 54.7 Å². The van der Waals surface area contributed by atoms with Crippen molar-refractivity contribution >= 4 is 38.4 Å². The molecule has 12 nitrogen and oxygen atoms in total. The first-order valence-electron chi connectivity index (χ1n) is 15.5. The van der Waals surface area contributed by atoms with Crippen molar-refractivity contribution in [3.05, 3.63) is 66.4 Å². The summed E-state index contributed by atoms with van der Waals surface area (Å²) in [7, 11) is 0.741. The molecule has 2 aliphatic rings. The van der Waals surface area contributed by atoms with E-state index >= 15 is 0 Å². The first-order chi connectivity index (χ1) is 22.2. The number of carbonyl (C=O) groups is 1. The van der Waals surface area contributed by atoms with Gasteiger partial charge in [0.2, 0.25) is 11.8 Å². The van der Waals surface area contributed by atoms with E-state index in [0.29, 0.717) is 48.6 Å². The van der Waals surface area contributed by atoms with E-state index in [1.165, 1.54) is 0 Å². The minimum Gasteiger partial charge on any atom is -0.497 e. The molecule has 1 unspecified atom stereocenters. The molecule has 2 atom stereocenters. The predicted octanol–water partition coefficient (Wildman–Crippen LogP) is 4.96. The van der Waals surface area contributed by atoms with Crippen molar-refractivity contribution < 1.29 is 23.4 Å². The van der Waals surface area contributed by atoms with Gasteiger partial charge in [-0.05, 0) is 43.5 Å². The third-order valence-corrected chi connectivity index (χ3v) is 11.1. The second-order valence-electron chi connectivity index (χ2n) is 12.2. The lowest BCUT2D eigenvalue weighted by molar-refractivity contribution is -0.137. The first kappa shape index (κ1) is 30.5. The lowest BCUT2D eigenvalue weighted by Crippen LogP contribution is -2.52. The van der Waals surface area contributed by atoms with E-state index in [4.69, 9.17) is 19.4 Å². The molecule has 0 radical (unpaired) electrons. The lowest BCUT2D eigenvalue weighted by Gasteiger charge is -2.41. The van der Waals surface area contributed by atoms with Crippen LogP contribution in [0.3, 0.4) is 0 Å². The van der Waals surface area contributed by atoms with E-state index < -0.39 is 10.6 Å². The average Bonchev–Trinajstić information content (AvgIpc) is 3.76. The number of H-pyrrole nitrogens is 1. The summed E-state index contributed by atoms with van der Waals surface area (Å²) >= 11 is 0. The monoisotopic (exact) mass is 645 g/mol. The van der Waals surface area contributed by atoms with Gasteiger partial charge in [0.1, 0.15) is 30.0 Å². The molecule has 1 amide bonds.